The molecule has 0 aromatic carbocycles. The minimum atomic E-state index is -0.0553. The standard InChI is InChI=1S/C23H29N3O2/c27-21-8-6-7-20-19-13-18(16-26(20)21)15-24(17-19)22(28)14-23(9-2-1-3-10-23)25-11-4-5-12-25/h4-8,11-12,18-19H,1-3,9-10,13-17H2/t18-,19-/m0/s1. The zero-order valence-electron chi connectivity index (χ0n) is 16.4. The maximum atomic E-state index is 13.4. The van der Waals surface area contributed by atoms with E-state index in [2.05, 4.69) is 40.1 Å². The van der Waals surface area contributed by atoms with Crippen LogP contribution in [0.15, 0.2) is 47.5 Å². The van der Waals surface area contributed by atoms with Gasteiger partial charge in [0.25, 0.3) is 5.56 Å². The molecule has 2 bridgehead atoms. The molecule has 28 heavy (non-hydrogen) atoms. The van der Waals surface area contributed by atoms with Gasteiger partial charge >= 0.3 is 0 Å². The highest BCUT2D eigenvalue weighted by molar-refractivity contribution is 5.77. The maximum Gasteiger partial charge on any atom is 0.250 e. The summed E-state index contributed by atoms with van der Waals surface area (Å²) in [5.74, 6) is 0.973. The maximum absolute atomic E-state index is 13.4. The van der Waals surface area contributed by atoms with Gasteiger partial charge in [0.1, 0.15) is 0 Å². The molecule has 4 heterocycles. The molecule has 0 N–H and O–H groups in total. The summed E-state index contributed by atoms with van der Waals surface area (Å²) in [6.45, 7) is 2.29. The number of carbonyl (C=O) groups is 1. The molecule has 2 atom stereocenters. The Bertz CT molecular complexity index is 908. The summed E-state index contributed by atoms with van der Waals surface area (Å²) in [5, 5.41) is 0. The van der Waals surface area contributed by atoms with Gasteiger partial charge in [-0.1, -0.05) is 25.3 Å². The van der Waals surface area contributed by atoms with E-state index in [0.717, 1.165) is 44.6 Å². The Labute approximate surface area is 166 Å². The number of fused-ring (bicyclic) bond motifs is 4. The highest BCUT2D eigenvalue weighted by Crippen LogP contribution is 2.40. The van der Waals surface area contributed by atoms with Gasteiger partial charge in [-0.25, -0.2) is 0 Å². The van der Waals surface area contributed by atoms with Crippen LogP contribution in [0.5, 0.6) is 0 Å². The molecule has 1 saturated carbocycles. The quantitative estimate of drug-likeness (QED) is 0.821. The third-order valence-corrected chi connectivity index (χ3v) is 7.25. The number of hydrogen-bond acceptors (Lipinski definition) is 2. The fourth-order valence-corrected chi connectivity index (χ4v) is 5.88. The lowest BCUT2D eigenvalue weighted by Crippen LogP contribution is -2.51. The predicted molar refractivity (Wildman–Crippen MR) is 108 cm³/mol. The van der Waals surface area contributed by atoms with E-state index in [0.29, 0.717) is 18.3 Å². The van der Waals surface area contributed by atoms with Crippen LogP contribution in [0.4, 0.5) is 0 Å². The zero-order chi connectivity index (χ0) is 19.1. The summed E-state index contributed by atoms with van der Waals surface area (Å²) in [7, 11) is 0. The molecular weight excluding hydrogens is 350 g/mol. The number of hydrogen-bond donors (Lipinski definition) is 0. The van der Waals surface area contributed by atoms with Crippen LogP contribution in [-0.2, 0) is 16.9 Å². The van der Waals surface area contributed by atoms with E-state index in [1.807, 2.05) is 10.6 Å². The molecule has 3 aliphatic rings. The van der Waals surface area contributed by atoms with Crippen LogP contribution in [0, 0.1) is 5.92 Å². The molecule has 5 nitrogen and oxygen atoms in total. The van der Waals surface area contributed by atoms with Crippen LogP contribution in [-0.4, -0.2) is 33.0 Å². The molecular formula is C23H29N3O2. The average Bonchev–Trinajstić information content (AvgIpc) is 3.25. The van der Waals surface area contributed by atoms with E-state index in [-0.39, 0.29) is 17.0 Å². The van der Waals surface area contributed by atoms with Crippen LogP contribution in [0.1, 0.15) is 56.6 Å². The fraction of sp³-hybridized carbons (Fsp3) is 0.565. The van der Waals surface area contributed by atoms with Crippen LogP contribution in [0.2, 0.25) is 0 Å². The molecule has 0 spiro atoms. The van der Waals surface area contributed by atoms with Crippen molar-refractivity contribution in [1.82, 2.24) is 14.0 Å². The van der Waals surface area contributed by atoms with Crippen molar-refractivity contribution in [3.63, 3.8) is 0 Å². The number of piperidine rings is 1. The molecule has 1 amide bonds. The molecule has 1 saturated heterocycles. The number of aromatic nitrogens is 2. The van der Waals surface area contributed by atoms with E-state index in [1.54, 1.807) is 6.07 Å². The van der Waals surface area contributed by atoms with Crippen molar-refractivity contribution < 1.29 is 4.79 Å². The Morgan fingerprint density at radius 2 is 1.79 bits per heavy atom. The normalized spacial score (nSPS) is 25.9. The molecule has 2 aliphatic heterocycles. The van der Waals surface area contributed by atoms with Gasteiger partial charge in [0.2, 0.25) is 5.91 Å². The second kappa shape index (κ2) is 6.94. The summed E-state index contributed by atoms with van der Waals surface area (Å²) in [6.07, 6.45) is 11.8. The van der Waals surface area contributed by atoms with Crippen molar-refractivity contribution in [2.24, 2.45) is 5.92 Å². The first-order chi connectivity index (χ1) is 13.6. The van der Waals surface area contributed by atoms with Crippen molar-refractivity contribution in [1.29, 1.82) is 0 Å². The number of rotatable bonds is 3. The van der Waals surface area contributed by atoms with Gasteiger partial charge in [0.05, 0.1) is 12.0 Å². The third kappa shape index (κ3) is 3.01. The van der Waals surface area contributed by atoms with Crippen molar-refractivity contribution in [3.8, 4) is 0 Å². The van der Waals surface area contributed by atoms with Crippen molar-refractivity contribution in [2.45, 2.75) is 62.9 Å². The van der Waals surface area contributed by atoms with Gasteiger partial charge in [0, 0.05) is 49.7 Å². The van der Waals surface area contributed by atoms with Gasteiger partial charge in [0.15, 0.2) is 0 Å². The molecule has 2 fully saturated rings. The summed E-state index contributed by atoms with van der Waals surface area (Å²) in [5.41, 5.74) is 1.15. The van der Waals surface area contributed by atoms with Crippen molar-refractivity contribution in [2.75, 3.05) is 13.1 Å². The number of likely N-dealkylation sites (tertiary alicyclic amines) is 1. The molecule has 5 heteroatoms. The Morgan fingerprint density at radius 3 is 2.57 bits per heavy atom. The van der Waals surface area contributed by atoms with E-state index >= 15 is 0 Å². The third-order valence-electron chi connectivity index (χ3n) is 7.25. The second-order valence-electron chi connectivity index (χ2n) is 9.05. The Kier molecular flexibility index (Phi) is 4.41. The van der Waals surface area contributed by atoms with Crippen molar-refractivity contribution in [3.05, 3.63) is 58.8 Å². The molecule has 2 aromatic rings. The molecule has 0 unspecified atom stereocenters. The monoisotopic (exact) mass is 379 g/mol. The minimum absolute atomic E-state index is 0.0553. The number of nitrogens with zero attached hydrogens (tertiary/aromatic N) is 3. The van der Waals surface area contributed by atoms with Gasteiger partial charge < -0.3 is 14.0 Å². The number of amides is 1. The lowest BCUT2D eigenvalue weighted by atomic mass is 9.78. The topological polar surface area (TPSA) is 47.2 Å². The molecule has 0 radical (unpaired) electrons. The fourth-order valence-electron chi connectivity index (χ4n) is 5.88. The van der Waals surface area contributed by atoms with Gasteiger partial charge in [-0.3, -0.25) is 9.59 Å². The first kappa shape index (κ1) is 17.8. The summed E-state index contributed by atoms with van der Waals surface area (Å²) in [4.78, 5) is 27.7. The Morgan fingerprint density at radius 1 is 1.00 bits per heavy atom. The van der Waals surface area contributed by atoms with Crippen molar-refractivity contribution >= 4 is 5.91 Å². The molecule has 2 aromatic heterocycles. The van der Waals surface area contributed by atoms with E-state index in [4.69, 9.17) is 0 Å². The zero-order valence-corrected chi connectivity index (χ0v) is 16.4. The van der Waals surface area contributed by atoms with Gasteiger partial charge in [-0.2, -0.15) is 0 Å². The van der Waals surface area contributed by atoms with Crippen LogP contribution in [0.25, 0.3) is 0 Å². The number of pyridine rings is 1. The second-order valence-corrected chi connectivity index (χ2v) is 9.05. The molecule has 148 valence electrons. The lowest BCUT2D eigenvalue weighted by molar-refractivity contribution is -0.136. The average molecular weight is 380 g/mol. The Hall–Kier alpha value is -2.30. The largest absolute Gasteiger partial charge is 0.348 e. The Balaban J connectivity index is 1.37. The first-order valence-corrected chi connectivity index (χ1v) is 10.8. The minimum Gasteiger partial charge on any atom is -0.348 e. The van der Waals surface area contributed by atoms with Crippen LogP contribution in [0.3, 0.4) is 0 Å². The smallest absolute Gasteiger partial charge is 0.250 e. The highest BCUT2D eigenvalue weighted by atomic mass is 16.2. The molecule has 5 rings (SSSR count). The van der Waals surface area contributed by atoms with Gasteiger partial charge in [-0.05, 0) is 43.4 Å². The van der Waals surface area contributed by atoms with Crippen LogP contribution >= 0.6 is 0 Å². The van der Waals surface area contributed by atoms with E-state index in [1.165, 1.54) is 19.3 Å². The highest BCUT2D eigenvalue weighted by Gasteiger charge is 2.40. The summed E-state index contributed by atoms with van der Waals surface area (Å²) < 4.78 is 4.23. The van der Waals surface area contributed by atoms with E-state index in [9.17, 15) is 9.59 Å². The van der Waals surface area contributed by atoms with Crippen LogP contribution < -0.4 is 5.56 Å². The SMILES string of the molecule is O=C(CC1(n2cccc2)CCCCC1)N1C[C@@H]2C[C@@H](C1)c1cccc(=O)n1C2. The summed E-state index contributed by atoms with van der Waals surface area (Å²) >= 11 is 0. The summed E-state index contributed by atoms with van der Waals surface area (Å²) in [6, 6.07) is 9.72. The van der Waals surface area contributed by atoms with Gasteiger partial charge in [-0.15, -0.1) is 0 Å². The molecule has 1 aliphatic carbocycles. The van der Waals surface area contributed by atoms with E-state index < -0.39 is 0 Å². The first-order valence-electron chi connectivity index (χ1n) is 10.8. The lowest BCUT2D eigenvalue weighted by Gasteiger charge is -2.45. The number of carbonyl (C=O) groups excluding carboxylic acids is 1. The predicted octanol–water partition coefficient (Wildman–Crippen LogP) is 3.35.